The Labute approximate surface area is 116 Å². The minimum absolute atomic E-state index is 0.628. The Kier molecular flexibility index (Phi) is 4.40. The molecule has 1 aliphatic heterocycles. The lowest BCUT2D eigenvalue weighted by molar-refractivity contribution is 0.246. The molecule has 0 saturated carbocycles. The fourth-order valence-electron chi connectivity index (χ4n) is 2.96. The van der Waals surface area contributed by atoms with Crippen molar-refractivity contribution in [1.82, 2.24) is 14.9 Å². The average Bonchev–Trinajstić information content (AvgIpc) is 2.77. The zero-order valence-corrected chi connectivity index (χ0v) is 12.8. The first-order valence-corrected chi connectivity index (χ1v) is 7.24. The van der Waals surface area contributed by atoms with Crippen molar-refractivity contribution in [3.05, 3.63) is 17.6 Å². The van der Waals surface area contributed by atoms with E-state index in [9.17, 15) is 0 Å². The first-order valence-electron chi connectivity index (χ1n) is 7.24. The van der Waals surface area contributed by atoms with Crippen LogP contribution >= 0.6 is 0 Å². The van der Waals surface area contributed by atoms with Crippen LogP contribution in [0.1, 0.15) is 31.2 Å². The van der Waals surface area contributed by atoms with Crippen LogP contribution < -0.4 is 4.90 Å². The standard InChI is InChI=1S/C15H26N4/c1-6-7-13-9-19(10-14(13)18(4)5)15-8-16-11(2)12(3)17-15/h8,13-14H,6-7,9-10H2,1-5H3/t13-,14-/m1/s1. The van der Waals surface area contributed by atoms with E-state index in [0.717, 1.165) is 36.2 Å². The van der Waals surface area contributed by atoms with Gasteiger partial charge in [0.2, 0.25) is 0 Å². The molecule has 19 heavy (non-hydrogen) atoms. The van der Waals surface area contributed by atoms with Crippen molar-refractivity contribution in [2.24, 2.45) is 5.92 Å². The highest BCUT2D eigenvalue weighted by molar-refractivity contribution is 5.39. The minimum atomic E-state index is 0.628. The predicted octanol–water partition coefficient (Wildman–Crippen LogP) is 2.26. The van der Waals surface area contributed by atoms with Crippen LogP contribution in [0, 0.1) is 19.8 Å². The van der Waals surface area contributed by atoms with Gasteiger partial charge in [0.25, 0.3) is 0 Å². The van der Waals surface area contributed by atoms with Gasteiger partial charge in [0.05, 0.1) is 17.6 Å². The van der Waals surface area contributed by atoms with Crippen LogP contribution in [0.15, 0.2) is 6.20 Å². The lowest BCUT2D eigenvalue weighted by Crippen LogP contribution is -2.35. The molecular weight excluding hydrogens is 236 g/mol. The number of hydrogen-bond acceptors (Lipinski definition) is 4. The number of aromatic nitrogens is 2. The van der Waals surface area contributed by atoms with Gasteiger partial charge in [-0.1, -0.05) is 13.3 Å². The zero-order chi connectivity index (χ0) is 14.0. The van der Waals surface area contributed by atoms with Gasteiger partial charge in [-0.15, -0.1) is 0 Å². The Morgan fingerprint density at radius 1 is 1.26 bits per heavy atom. The van der Waals surface area contributed by atoms with E-state index in [2.05, 4.69) is 40.8 Å². The monoisotopic (exact) mass is 262 g/mol. The van der Waals surface area contributed by atoms with E-state index < -0.39 is 0 Å². The lowest BCUT2D eigenvalue weighted by atomic mass is 9.98. The van der Waals surface area contributed by atoms with Gasteiger partial charge in [0, 0.05) is 19.1 Å². The predicted molar refractivity (Wildman–Crippen MR) is 79.6 cm³/mol. The molecule has 106 valence electrons. The van der Waals surface area contributed by atoms with E-state index >= 15 is 0 Å². The van der Waals surface area contributed by atoms with E-state index in [-0.39, 0.29) is 0 Å². The Balaban J connectivity index is 2.15. The summed E-state index contributed by atoms with van der Waals surface area (Å²) >= 11 is 0. The van der Waals surface area contributed by atoms with Gasteiger partial charge in [-0.3, -0.25) is 4.98 Å². The maximum Gasteiger partial charge on any atom is 0.147 e. The van der Waals surface area contributed by atoms with Gasteiger partial charge in [-0.2, -0.15) is 0 Å². The summed E-state index contributed by atoms with van der Waals surface area (Å²) in [5.41, 5.74) is 2.06. The molecular formula is C15H26N4. The number of anilines is 1. The number of hydrogen-bond donors (Lipinski definition) is 0. The SMILES string of the molecule is CCC[C@@H]1CN(c2cnc(C)c(C)n2)C[C@H]1N(C)C. The summed E-state index contributed by atoms with van der Waals surface area (Å²) in [6.45, 7) is 8.49. The van der Waals surface area contributed by atoms with Gasteiger partial charge >= 0.3 is 0 Å². The number of likely N-dealkylation sites (N-methyl/N-ethyl adjacent to an activating group) is 1. The molecule has 0 spiro atoms. The summed E-state index contributed by atoms with van der Waals surface area (Å²) in [7, 11) is 4.37. The number of rotatable bonds is 4. The molecule has 0 N–H and O–H groups in total. The maximum absolute atomic E-state index is 4.69. The van der Waals surface area contributed by atoms with Gasteiger partial charge in [0.1, 0.15) is 5.82 Å². The van der Waals surface area contributed by atoms with Crippen LogP contribution in [0.25, 0.3) is 0 Å². The van der Waals surface area contributed by atoms with Crippen molar-refractivity contribution in [3.8, 4) is 0 Å². The van der Waals surface area contributed by atoms with Crippen LogP contribution in [-0.4, -0.2) is 48.1 Å². The summed E-state index contributed by atoms with van der Waals surface area (Å²) in [6.07, 6.45) is 4.46. The Hall–Kier alpha value is -1.16. The van der Waals surface area contributed by atoms with Crippen molar-refractivity contribution in [2.75, 3.05) is 32.1 Å². The molecule has 2 rings (SSSR count). The molecule has 0 radical (unpaired) electrons. The molecule has 4 heteroatoms. The first kappa shape index (κ1) is 14.3. The second-order valence-electron chi connectivity index (χ2n) is 5.88. The molecule has 1 aromatic rings. The number of nitrogens with zero attached hydrogens (tertiary/aromatic N) is 4. The summed E-state index contributed by atoms with van der Waals surface area (Å²) in [5, 5.41) is 0. The van der Waals surface area contributed by atoms with E-state index in [1.165, 1.54) is 12.8 Å². The van der Waals surface area contributed by atoms with Gasteiger partial charge in [-0.05, 0) is 40.3 Å². The van der Waals surface area contributed by atoms with E-state index in [4.69, 9.17) is 0 Å². The van der Waals surface area contributed by atoms with Crippen LogP contribution in [0.3, 0.4) is 0 Å². The summed E-state index contributed by atoms with van der Waals surface area (Å²) < 4.78 is 0. The van der Waals surface area contributed by atoms with E-state index in [0.29, 0.717) is 6.04 Å². The maximum atomic E-state index is 4.69. The summed E-state index contributed by atoms with van der Waals surface area (Å²) in [4.78, 5) is 13.9. The van der Waals surface area contributed by atoms with Crippen molar-refractivity contribution < 1.29 is 0 Å². The first-order chi connectivity index (χ1) is 9.02. The smallest absolute Gasteiger partial charge is 0.147 e. The Morgan fingerprint density at radius 2 is 2.00 bits per heavy atom. The molecule has 2 atom stereocenters. The largest absolute Gasteiger partial charge is 0.353 e. The van der Waals surface area contributed by atoms with E-state index in [1.54, 1.807) is 0 Å². The molecule has 0 aliphatic carbocycles. The second-order valence-corrected chi connectivity index (χ2v) is 5.88. The quantitative estimate of drug-likeness (QED) is 0.833. The molecule has 1 aromatic heterocycles. The third kappa shape index (κ3) is 3.06. The van der Waals surface area contributed by atoms with Crippen molar-refractivity contribution in [2.45, 2.75) is 39.7 Å². The highest BCUT2D eigenvalue weighted by Crippen LogP contribution is 2.28. The zero-order valence-electron chi connectivity index (χ0n) is 12.8. The highest BCUT2D eigenvalue weighted by Gasteiger charge is 2.34. The lowest BCUT2D eigenvalue weighted by Gasteiger charge is -2.24. The third-order valence-corrected chi connectivity index (χ3v) is 4.23. The van der Waals surface area contributed by atoms with Crippen LogP contribution in [0.4, 0.5) is 5.82 Å². The molecule has 1 fully saturated rings. The molecule has 0 aromatic carbocycles. The Bertz CT molecular complexity index is 430. The summed E-state index contributed by atoms with van der Waals surface area (Å²) in [6, 6.07) is 0.628. The Morgan fingerprint density at radius 3 is 2.58 bits per heavy atom. The third-order valence-electron chi connectivity index (χ3n) is 4.23. The highest BCUT2D eigenvalue weighted by atomic mass is 15.3. The van der Waals surface area contributed by atoms with E-state index in [1.807, 2.05) is 20.0 Å². The average molecular weight is 262 g/mol. The molecule has 0 bridgehead atoms. The molecule has 4 nitrogen and oxygen atoms in total. The molecule has 1 aliphatic rings. The fourth-order valence-corrected chi connectivity index (χ4v) is 2.96. The molecule has 0 unspecified atom stereocenters. The number of aryl methyl sites for hydroxylation is 2. The van der Waals surface area contributed by atoms with Crippen molar-refractivity contribution >= 4 is 5.82 Å². The minimum Gasteiger partial charge on any atom is -0.353 e. The van der Waals surface area contributed by atoms with Gasteiger partial charge < -0.3 is 9.80 Å². The van der Waals surface area contributed by atoms with Crippen molar-refractivity contribution in [3.63, 3.8) is 0 Å². The molecule has 0 amide bonds. The summed E-state index contributed by atoms with van der Waals surface area (Å²) in [5.74, 6) is 1.77. The van der Waals surface area contributed by atoms with Crippen LogP contribution in [0.2, 0.25) is 0 Å². The van der Waals surface area contributed by atoms with Crippen molar-refractivity contribution in [1.29, 1.82) is 0 Å². The van der Waals surface area contributed by atoms with Gasteiger partial charge in [0.15, 0.2) is 0 Å². The van der Waals surface area contributed by atoms with Crippen LogP contribution in [-0.2, 0) is 0 Å². The second kappa shape index (κ2) is 5.87. The van der Waals surface area contributed by atoms with Gasteiger partial charge in [-0.25, -0.2) is 4.98 Å². The molecule has 2 heterocycles. The molecule has 1 saturated heterocycles. The normalized spacial score (nSPS) is 23.4. The van der Waals surface area contributed by atoms with Crippen LogP contribution in [0.5, 0.6) is 0 Å². The fraction of sp³-hybridized carbons (Fsp3) is 0.733. The topological polar surface area (TPSA) is 32.3 Å².